The Morgan fingerprint density at radius 2 is 0.642 bits per heavy atom. The number of carbonyl (C=O) groups excluding carboxylic acids is 7. The van der Waals surface area contributed by atoms with Gasteiger partial charge in [0, 0.05) is 79.6 Å². The monoisotopic (exact) mass is 1310 g/mol. The molecule has 2 heterocycles. The summed E-state index contributed by atoms with van der Waals surface area (Å²) in [6, 6.07) is 21.3. The first-order chi connectivity index (χ1) is 45.5. The minimum absolute atomic E-state index is 0.00450. The number of H-pyrrole nitrogens is 2. The van der Waals surface area contributed by atoms with E-state index in [2.05, 4.69) is 67.2 Å². The van der Waals surface area contributed by atoms with Gasteiger partial charge in [0.1, 0.15) is 42.3 Å². The van der Waals surface area contributed by atoms with Crippen molar-refractivity contribution >= 4 is 93.0 Å². The number of nitrogens with zero attached hydrogens (tertiary/aromatic N) is 4. The van der Waals surface area contributed by atoms with Gasteiger partial charge in [-0.3, -0.25) is 53.5 Å². The number of carboxylic acids is 1. The zero-order chi connectivity index (χ0) is 68.8. The molecular formula is C64H88N22O9. The highest BCUT2D eigenvalue weighted by molar-refractivity contribution is 5.99. The maximum absolute atomic E-state index is 15.2. The van der Waals surface area contributed by atoms with Crippen LogP contribution in [-0.2, 0) is 64.0 Å². The summed E-state index contributed by atoms with van der Waals surface area (Å²) >= 11 is 0. The Kier molecular flexibility index (Phi) is 28.6. The van der Waals surface area contributed by atoms with E-state index in [0.717, 1.165) is 16.5 Å². The van der Waals surface area contributed by atoms with E-state index in [9.17, 15) is 33.9 Å². The van der Waals surface area contributed by atoms with Crippen molar-refractivity contribution in [1.29, 1.82) is 0 Å². The quantitative estimate of drug-likeness (QED) is 0.0112. The molecule has 6 rings (SSSR count). The van der Waals surface area contributed by atoms with Gasteiger partial charge in [0.2, 0.25) is 41.4 Å². The van der Waals surface area contributed by atoms with Crippen LogP contribution in [0, 0.1) is 0 Å². The largest absolute Gasteiger partial charge is 0.480 e. The molecule has 0 saturated carbocycles. The summed E-state index contributed by atoms with van der Waals surface area (Å²) < 4.78 is 0. The van der Waals surface area contributed by atoms with Crippen molar-refractivity contribution in [2.75, 3.05) is 26.2 Å². The molecule has 0 saturated heterocycles. The molecule has 95 heavy (non-hydrogen) atoms. The average Bonchev–Trinajstić information content (AvgIpc) is 1.75. The molecule has 31 nitrogen and oxygen atoms in total. The van der Waals surface area contributed by atoms with Gasteiger partial charge in [0.05, 0.1) is 6.04 Å². The first-order valence-electron chi connectivity index (χ1n) is 31.0. The van der Waals surface area contributed by atoms with Crippen LogP contribution in [0.15, 0.2) is 142 Å². The Morgan fingerprint density at radius 1 is 0.358 bits per heavy atom. The number of amides is 7. The van der Waals surface area contributed by atoms with E-state index in [-0.39, 0.29) is 127 Å². The summed E-state index contributed by atoms with van der Waals surface area (Å²) in [7, 11) is 0. The molecule has 0 unspecified atom stereocenters. The lowest BCUT2D eigenvalue weighted by atomic mass is 10.0. The second-order valence-electron chi connectivity index (χ2n) is 22.7. The van der Waals surface area contributed by atoms with Gasteiger partial charge < -0.3 is 104 Å². The Hall–Kier alpha value is -11.2. The molecule has 28 N–H and O–H groups in total. The van der Waals surface area contributed by atoms with Crippen LogP contribution >= 0.6 is 0 Å². The van der Waals surface area contributed by atoms with Crippen LogP contribution in [0.2, 0.25) is 0 Å². The number of aromatic amines is 2. The summed E-state index contributed by atoms with van der Waals surface area (Å²) in [6.45, 7) is 0.140. The number of para-hydroxylation sites is 2. The maximum atomic E-state index is 15.2. The van der Waals surface area contributed by atoms with E-state index >= 15 is 9.59 Å². The third-order valence-corrected chi connectivity index (χ3v) is 15.3. The van der Waals surface area contributed by atoms with Crippen LogP contribution in [0.3, 0.4) is 0 Å². The van der Waals surface area contributed by atoms with Crippen molar-refractivity contribution < 1.29 is 43.5 Å². The van der Waals surface area contributed by atoms with Crippen LogP contribution in [0.1, 0.15) is 73.6 Å². The summed E-state index contributed by atoms with van der Waals surface area (Å²) in [4.78, 5) is 138. The molecule has 0 spiro atoms. The number of fused-ring (bicyclic) bond motifs is 2. The Labute approximate surface area is 548 Å². The molecule has 2 aromatic heterocycles. The van der Waals surface area contributed by atoms with Crippen molar-refractivity contribution in [3.8, 4) is 0 Å². The third-order valence-electron chi connectivity index (χ3n) is 15.3. The average molecular weight is 1310 g/mol. The van der Waals surface area contributed by atoms with Crippen LogP contribution in [0.4, 0.5) is 0 Å². The molecule has 6 aromatic rings. The van der Waals surface area contributed by atoms with E-state index in [4.69, 9.17) is 51.6 Å². The van der Waals surface area contributed by atoms with Crippen molar-refractivity contribution in [3.63, 3.8) is 0 Å². The number of carbonyl (C=O) groups is 8. The van der Waals surface area contributed by atoms with Gasteiger partial charge >= 0.3 is 5.97 Å². The number of hydrogen-bond donors (Lipinski definition) is 19. The van der Waals surface area contributed by atoms with Gasteiger partial charge in [0.15, 0.2) is 23.8 Å². The number of rotatable bonds is 39. The van der Waals surface area contributed by atoms with Crippen molar-refractivity contribution in [2.45, 2.75) is 125 Å². The number of aliphatic carboxylic acids is 1. The highest BCUT2D eigenvalue weighted by Crippen LogP contribution is 2.22. The highest BCUT2D eigenvalue weighted by atomic mass is 16.4. The van der Waals surface area contributed by atoms with E-state index in [1.54, 1.807) is 54.9 Å². The lowest BCUT2D eigenvalue weighted by molar-refractivity contribution is -0.142. The number of guanidine groups is 4. The van der Waals surface area contributed by atoms with Gasteiger partial charge in [-0.1, -0.05) is 97.1 Å². The van der Waals surface area contributed by atoms with Gasteiger partial charge in [-0.2, -0.15) is 0 Å². The number of nitrogens with two attached hydrogens (primary N) is 9. The fourth-order valence-electron chi connectivity index (χ4n) is 10.5. The Balaban J connectivity index is 1.32. The smallest absolute Gasteiger partial charge is 0.326 e. The molecule has 0 aliphatic rings. The van der Waals surface area contributed by atoms with E-state index in [1.165, 1.54) is 0 Å². The molecule has 31 heteroatoms. The Bertz CT molecular complexity index is 3650. The normalized spacial score (nSPS) is 13.5. The van der Waals surface area contributed by atoms with Crippen LogP contribution < -0.4 is 88.8 Å². The predicted molar refractivity (Wildman–Crippen MR) is 363 cm³/mol. The van der Waals surface area contributed by atoms with E-state index in [1.807, 2.05) is 66.7 Å². The first kappa shape index (κ1) is 72.8. The van der Waals surface area contributed by atoms with Gasteiger partial charge in [-0.25, -0.2) is 4.79 Å². The number of nitrogens with one attached hydrogen (secondary N) is 9. The van der Waals surface area contributed by atoms with E-state index in [0.29, 0.717) is 27.6 Å². The molecule has 0 fully saturated rings. The Morgan fingerprint density at radius 3 is 1.00 bits per heavy atom. The fraction of sp³-hybridized carbons (Fsp3) is 0.375. The lowest BCUT2D eigenvalue weighted by Gasteiger charge is -2.28. The molecule has 7 amide bonds. The molecule has 508 valence electrons. The summed E-state index contributed by atoms with van der Waals surface area (Å²) in [5, 5.41) is 30.9. The van der Waals surface area contributed by atoms with Gasteiger partial charge in [-0.05, 0) is 92.2 Å². The van der Waals surface area contributed by atoms with Crippen molar-refractivity contribution in [2.24, 2.45) is 71.6 Å². The molecule has 4 aromatic carbocycles. The van der Waals surface area contributed by atoms with E-state index < -0.39 is 95.7 Å². The predicted octanol–water partition coefficient (Wildman–Crippen LogP) is -2.06. The second kappa shape index (κ2) is 37.3. The molecule has 0 bridgehead atoms. The SMILES string of the molecule is NC(N)=NCCC[C@H](NC(=O)[C@H](CCCN=C(N)N)NC(=O)[C@H](Cc1c[nH]c2ccccc12)NC(=O)[C@H](Cc1ccccc1)NC(=O)[C@H](CCCN=C(N)N)NC(=O)[C@H](CCCN=C(N)N)NC(=O)[C@H](Cc1c[nH]c2ccccc12)NC(=O)[C@@H](N)Cc1ccccc1)C(=O)O. The zero-order valence-corrected chi connectivity index (χ0v) is 52.7. The zero-order valence-electron chi connectivity index (χ0n) is 52.7. The first-order valence-corrected chi connectivity index (χ1v) is 31.0. The van der Waals surface area contributed by atoms with Crippen LogP contribution in [0.5, 0.6) is 0 Å². The van der Waals surface area contributed by atoms with Crippen molar-refractivity contribution in [3.05, 3.63) is 144 Å². The van der Waals surface area contributed by atoms with Crippen LogP contribution in [-0.4, -0.2) is 161 Å². The van der Waals surface area contributed by atoms with Crippen LogP contribution in [0.25, 0.3) is 21.8 Å². The van der Waals surface area contributed by atoms with Crippen molar-refractivity contribution in [1.82, 2.24) is 47.2 Å². The number of aliphatic imine (C=N–C) groups is 4. The highest BCUT2D eigenvalue weighted by Gasteiger charge is 2.35. The summed E-state index contributed by atoms with van der Waals surface area (Å²) in [5.41, 5.74) is 55.2. The molecular weight excluding hydrogens is 1220 g/mol. The number of benzene rings is 4. The van der Waals surface area contributed by atoms with Gasteiger partial charge in [-0.15, -0.1) is 0 Å². The second-order valence-corrected chi connectivity index (χ2v) is 22.7. The minimum Gasteiger partial charge on any atom is -0.480 e. The summed E-state index contributed by atoms with van der Waals surface area (Å²) in [6.07, 6.45) is 3.31. The third kappa shape index (κ3) is 24.4. The molecule has 0 aliphatic heterocycles. The molecule has 0 aliphatic carbocycles. The maximum Gasteiger partial charge on any atom is 0.326 e. The summed E-state index contributed by atoms with van der Waals surface area (Å²) in [5.74, 6) is -7.99. The van der Waals surface area contributed by atoms with Gasteiger partial charge in [0.25, 0.3) is 0 Å². The molecule has 0 radical (unpaired) electrons. The fourth-order valence-corrected chi connectivity index (χ4v) is 10.5. The lowest BCUT2D eigenvalue weighted by Crippen LogP contribution is -2.60. The minimum atomic E-state index is -1.48. The number of aromatic nitrogens is 2. The number of carboxylic acid groups (broad SMARTS) is 1. The topological polar surface area (TPSA) is 556 Å². The standard InChI is InChI=1S/C64H88N22O9/c65-43(31-37-15-3-1-4-16-37)53(87)84-51(33-39-35-78-44-21-9-7-19-41(39)44)58(92)81-46(23-11-27-74-61(66)67)54(88)80-48(25-13-29-76-63(70)71)56(90)85-50(32-38-17-5-2-6-18-38)57(91)86-52(34-40-36-79-45-22-10-8-20-42(40)45)59(93)82-47(24-12-28-75-62(68)69)55(89)83-49(60(94)95)26-14-30-77-64(72)73/h1-10,15-22,35-36,43,46-52,78-79H,11-14,23-34,65H2,(H,80,88)(H,81,92)(H,82,93)(H,83,89)(H,84,87)(H,85,90)(H,86,91)(H,94,95)(H4,66,67,74)(H4,68,69,75)(H4,70,71,76)(H4,72,73,77)/t43-,46-,47-,48-,49-,50-,51-,52-/m0/s1. The number of hydrogen-bond acceptors (Lipinski definition) is 13. The molecule has 8 atom stereocenters.